The van der Waals surface area contributed by atoms with Crippen molar-refractivity contribution < 1.29 is 4.79 Å². The number of hydrogen-bond acceptors (Lipinski definition) is 3. The smallest absolute Gasteiger partial charge is 0.227 e. The summed E-state index contributed by atoms with van der Waals surface area (Å²) in [6, 6.07) is 2.02. The molecule has 0 atom stereocenters. The van der Waals surface area contributed by atoms with Crippen LogP contribution in [0.2, 0.25) is 0 Å². The van der Waals surface area contributed by atoms with Crippen LogP contribution in [-0.2, 0) is 11.3 Å². The molecule has 17 heavy (non-hydrogen) atoms. The fourth-order valence-electron chi connectivity index (χ4n) is 1.72. The van der Waals surface area contributed by atoms with Crippen molar-refractivity contribution in [3.8, 4) is 0 Å². The lowest BCUT2D eigenvalue weighted by Gasteiger charge is -2.28. The number of hydrogen-bond donors (Lipinski definition) is 2. The second-order valence-corrected chi connectivity index (χ2v) is 4.79. The highest BCUT2D eigenvalue weighted by Crippen LogP contribution is 2.25. The first kappa shape index (κ1) is 16.4. The molecule has 1 aromatic rings. The van der Waals surface area contributed by atoms with Crippen LogP contribution in [0.5, 0.6) is 0 Å². The summed E-state index contributed by atoms with van der Waals surface area (Å²) in [5.74, 6) is 0.0752. The van der Waals surface area contributed by atoms with Gasteiger partial charge in [-0.15, -0.1) is 12.4 Å². The van der Waals surface area contributed by atoms with Gasteiger partial charge in [0.1, 0.15) is 0 Å². The molecule has 0 radical (unpaired) electrons. The minimum Gasteiger partial charge on any atom is -0.351 e. The van der Waals surface area contributed by atoms with Gasteiger partial charge < -0.3 is 11.1 Å². The van der Waals surface area contributed by atoms with Crippen molar-refractivity contribution in [2.45, 2.75) is 33.2 Å². The van der Waals surface area contributed by atoms with Crippen LogP contribution >= 0.6 is 23.7 Å². The van der Waals surface area contributed by atoms with E-state index in [1.54, 1.807) is 11.3 Å². The van der Waals surface area contributed by atoms with Crippen LogP contribution in [0.1, 0.15) is 32.3 Å². The number of rotatable bonds is 6. The number of carbonyl (C=O) groups is 1. The second kappa shape index (κ2) is 7.69. The lowest BCUT2D eigenvalue weighted by Crippen LogP contribution is -2.44. The summed E-state index contributed by atoms with van der Waals surface area (Å²) in [4.78, 5) is 12.1. The number of nitrogens with two attached hydrogens (primary N) is 1. The van der Waals surface area contributed by atoms with Gasteiger partial charge in [0.05, 0.1) is 5.41 Å². The Morgan fingerprint density at radius 3 is 2.53 bits per heavy atom. The second-order valence-electron chi connectivity index (χ2n) is 4.01. The SMILES string of the molecule is CCC(CC)(CN)C(=O)NCc1ccsc1.Cl. The Kier molecular flexibility index (Phi) is 7.43. The van der Waals surface area contributed by atoms with Gasteiger partial charge in [-0.25, -0.2) is 0 Å². The molecule has 1 rings (SSSR count). The Morgan fingerprint density at radius 1 is 1.47 bits per heavy atom. The molecule has 0 spiro atoms. The summed E-state index contributed by atoms with van der Waals surface area (Å²) in [6.45, 7) is 5.04. The third kappa shape index (κ3) is 3.98. The third-order valence-electron chi connectivity index (χ3n) is 3.26. The quantitative estimate of drug-likeness (QED) is 0.839. The molecule has 1 heterocycles. The normalized spacial score (nSPS) is 10.8. The molecular formula is C12H21ClN2OS. The lowest BCUT2D eigenvalue weighted by molar-refractivity contribution is -0.131. The third-order valence-corrected chi connectivity index (χ3v) is 3.99. The molecule has 3 nitrogen and oxygen atoms in total. The first-order chi connectivity index (χ1) is 7.68. The minimum absolute atomic E-state index is 0. The molecule has 0 saturated carbocycles. The molecule has 0 bridgehead atoms. The standard InChI is InChI=1S/C12H20N2OS.ClH/c1-3-12(4-2,9-13)11(15)14-7-10-5-6-16-8-10;/h5-6,8H,3-4,7,9,13H2,1-2H3,(H,14,15);1H. The highest BCUT2D eigenvalue weighted by atomic mass is 35.5. The molecule has 98 valence electrons. The van der Waals surface area contributed by atoms with E-state index in [9.17, 15) is 4.79 Å². The van der Waals surface area contributed by atoms with Crippen molar-refractivity contribution >= 4 is 29.7 Å². The van der Waals surface area contributed by atoms with Crippen LogP contribution in [0.15, 0.2) is 16.8 Å². The van der Waals surface area contributed by atoms with Gasteiger partial charge in [0.15, 0.2) is 0 Å². The largest absolute Gasteiger partial charge is 0.351 e. The van der Waals surface area contributed by atoms with E-state index in [0.29, 0.717) is 13.1 Å². The topological polar surface area (TPSA) is 55.1 Å². The van der Waals surface area contributed by atoms with Gasteiger partial charge in [-0.05, 0) is 35.2 Å². The van der Waals surface area contributed by atoms with E-state index < -0.39 is 5.41 Å². The van der Waals surface area contributed by atoms with Crippen molar-refractivity contribution in [2.24, 2.45) is 11.1 Å². The molecule has 0 unspecified atom stereocenters. The maximum atomic E-state index is 12.1. The van der Waals surface area contributed by atoms with Gasteiger partial charge >= 0.3 is 0 Å². The zero-order valence-corrected chi connectivity index (χ0v) is 12.0. The van der Waals surface area contributed by atoms with Crippen LogP contribution in [0.25, 0.3) is 0 Å². The molecule has 0 aliphatic heterocycles. The Labute approximate surface area is 113 Å². The summed E-state index contributed by atoms with van der Waals surface area (Å²) >= 11 is 1.64. The molecule has 1 amide bonds. The van der Waals surface area contributed by atoms with Crippen molar-refractivity contribution in [3.63, 3.8) is 0 Å². The van der Waals surface area contributed by atoms with Crippen LogP contribution in [-0.4, -0.2) is 12.5 Å². The maximum Gasteiger partial charge on any atom is 0.227 e. The van der Waals surface area contributed by atoms with E-state index >= 15 is 0 Å². The summed E-state index contributed by atoms with van der Waals surface area (Å²) < 4.78 is 0. The fourth-order valence-corrected chi connectivity index (χ4v) is 2.38. The maximum absolute atomic E-state index is 12.1. The van der Waals surface area contributed by atoms with Crippen LogP contribution in [0.3, 0.4) is 0 Å². The number of halogens is 1. The molecule has 3 N–H and O–H groups in total. The van der Waals surface area contributed by atoms with E-state index in [1.807, 2.05) is 30.7 Å². The van der Waals surface area contributed by atoms with Crippen molar-refractivity contribution in [3.05, 3.63) is 22.4 Å². The molecule has 1 aromatic heterocycles. The summed E-state index contributed by atoms with van der Waals surface area (Å²) in [5.41, 5.74) is 6.48. The molecule has 0 aromatic carbocycles. The van der Waals surface area contributed by atoms with Gasteiger partial charge in [0.25, 0.3) is 0 Å². The van der Waals surface area contributed by atoms with Crippen LogP contribution in [0, 0.1) is 5.41 Å². The average molecular weight is 277 g/mol. The summed E-state index contributed by atoms with van der Waals surface area (Å²) in [6.07, 6.45) is 1.57. The summed E-state index contributed by atoms with van der Waals surface area (Å²) in [7, 11) is 0. The van der Waals surface area contributed by atoms with E-state index in [-0.39, 0.29) is 18.3 Å². The van der Waals surface area contributed by atoms with Gasteiger partial charge in [-0.3, -0.25) is 4.79 Å². The zero-order chi connectivity index (χ0) is 12.0. The molecule has 0 saturated heterocycles. The number of thiophene rings is 1. The monoisotopic (exact) mass is 276 g/mol. The number of amides is 1. The first-order valence-corrected chi connectivity index (χ1v) is 6.62. The molecule has 5 heteroatoms. The van der Waals surface area contributed by atoms with Gasteiger partial charge in [0.2, 0.25) is 5.91 Å². The summed E-state index contributed by atoms with van der Waals surface area (Å²) in [5, 5.41) is 7.02. The minimum atomic E-state index is -0.393. The average Bonchev–Trinajstić information content (AvgIpc) is 2.82. The van der Waals surface area contributed by atoms with E-state index in [2.05, 4.69) is 5.32 Å². The van der Waals surface area contributed by atoms with Gasteiger partial charge in [-0.1, -0.05) is 13.8 Å². The van der Waals surface area contributed by atoms with Crippen molar-refractivity contribution in [1.82, 2.24) is 5.32 Å². The van der Waals surface area contributed by atoms with Crippen LogP contribution in [0.4, 0.5) is 0 Å². The molecular weight excluding hydrogens is 256 g/mol. The van der Waals surface area contributed by atoms with Gasteiger partial charge in [0, 0.05) is 13.1 Å². The van der Waals surface area contributed by atoms with E-state index in [1.165, 1.54) is 0 Å². The van der Waals surface area contributed by atoms with Crippen LogP contribution < -0.4 is 11.1 Å². The fraction of sp³-hybridized carbons (Fsp3) is 0.583. The Hall–Kier alpha value is -0.580. The predicted octanol–water partition coefficient (Wildman–Crippen LogP) is 2.55. The highest BCUT2D eigenvalue weighted by Gasteiger charge is 2.32. The number of nitrogens with one attached hydrogen (secondary N) is 1. The Balaban J connectivity index is 0.00000256. The van der Waals surface area contributed by atoms with Gasteiger partial charge in [-0.2, -0.15) is 11.3 Å². The Morgan fingerprint density at radius 2 is 2.12 bits per heavy atom. The molecule has 0 aliphatic rings. The molecule has 0 aliphatic carbocycles. The lowest BCUT2D eigenvalue weighted by atomic mass is 9.81. The zero-order valence-electron chi connectivity index (χ0n) is 10.4. The highest BCUT2D eigenvalue weighted by molar-refractivity contribution is 7.07. The van der Waals surface area contributed by atoms with E-state index in [0.717, 1.165) is 18.4 Å². The molecule has 0 fully saturated rings. The Bertz CT molecular complexity index is 315. The van der Waals surface area contributed by atoms with Crippen molar-refractivity contribution in [1.29, 1.82) is 0 Å². The first-order valence-electron chi connectivity index (χ1n) is 5.68. The number of carbonyl (C=O) groups excluding carboxylic acids is 1. The van der Waals surface area contributed by atoms with E-state index in [4.69, 9.17) is 5.73 Å². The predicted molar refractivity (Wildman–Crippen MR) is 75.5 cm³/mol. The van der Waals surface area contributed by atoms with Crippen molar-refractivity contribution in [2.75, 3.05) is 6.54 Å².